The van der Waals surface area contributed by atoms with E-state index in [1.807, 2.05) is 43.9 Å². The van der Waals surface area contributed by atoms with Crippen molar-refractivity contribution in [3.8, 4) is 0 Å². The number of hydrogen-bond donors (Lipinski definition) is 0. The van der Waals surface area contributed by atoms with Crippen LogP contribution in [0.5, 0.6) is 0 Å². The molecule has 0 fully saturated rings. The fourth-order valence-corrected chi connectivity index (χ4v) is 6.04. The van der Waals surface area contributed by atoms with E-state index in [0.717, 1.165) is 16.7 Å². The summed E-state index contributed by atoms with van der Waals surface area (Å²) in [7, 11) is 0. The van der Waals surface area contributed by atoms with Crippen LogP contribution in [0.15, 0.2) is 91.0 Å². The van der Waals surface area contributed by atoms with Gasteiger partial charge < -0.3 is 4.90 Å². The third-order valence-corrected chi connectivity index (χ3v) is 8.04. The maximum Gasteiger partial charge on any atom is 0.226 e. The minimum absolute atomic E-state index is 0.0717. The number of hydrogen-bond acceptors (Lipinski definition) is 3. The van der Waals surface area contributed by atoms with Gasteiger partial charge in [-0.15, -0.1) is 11.8 Å². The molecule has 0 heterocycles. The zero-order valence-electron chi connectivity index (χ0n) is 20.4. The van der Waals surface area contributed by atoms with Crippen molar-refractivity contribution in [1.29, 1.82) is 0 Å². The first-order valence-electron chi connectivity index (χ1n) is 12.2. The molecule has 178 valence electrons. The van der Waals surface area contributed by atoms with Crippen LogP contribution in [0.1, 0.15) is 50.3 Å². The summed E-state index contributed by atoms with van der Waals surface area (Å²) in [6.07, 6.45) is 0.737. The van der Waals surface area contributed by atoms with E-state index in [0.29, 0.717) is 25.3 Å². The molecule has 3 rings (SSSR count). The van der Waals surface area contributed by atoms with Crippen molar-refractivity contribution < 1.29 is 9.59 Å². The van der Waals surface area contributed by atoms with Crippen molar-refractivity contribution in [2.45, 2.75) is 38.4 Å². The molecule has 4 heteroatoms. The second-order valence-corrected chi connectivity index (χ2v) is 9.63. The SMILES string of the molecule is CCC(=O)C[C@@H](CSC(c1ccccc1)(c1ccccc1)c1ccccc1)C(=O)N(CC)CC. The van der Waals surface area contributed by atoms with Crippen LogP contribution in [0.4, 0.5) is 0 Å². The summed E-state index contributed by atoms with van der Waals surface area (Å²) < 4.78 is -0.499. The normalized spacial score (nSPS) is 12.2. The van der Waals surface area contributed by atoms with Crippen molar-refractivity contribution in [3.05, 3.63) is 108 Å². The standard InChI is InChI=1S/C30H35NO2S/c1-4-28(32)22-24(29(33)31(5-2)6-3)23-34-30(25-16-10-7-11-17-25,26-18-12-8-13-19-26)27-20-14-9-15-21-27/h7-21,24H,4-6,22-23H2,1-3H3/t24-/m0/s1. The molecular formula is C30H35NO2S. The van der Waals surface area contributed by atoms with E-state index in [1.165, 1.54) is 0 Å². The average Bonchev–Trinajstić information content (AvgIpc) is 2.90. The largest absolute Gasteiger partial charge is 0.343 e. The number of benzene rings is 3. The summed E-state index contributed by atoms with van der Waals surface area (Å²) >= 11 is 1.76. The van der Waals surface area contributed by atoms with Gasteiger partial charge >= 0.3 is 0 Å². The maximum absolute atomic E-state index is 13.4. The Morgan fingerprint density at radius 2 is 1.15 bits per heavy atom. The molecule has 1 atom stereocenters. The lowest BCUT2D eigenvalue weighted by atomic mass is 9.84. The smallest absolute Gasteiger partial charge is 0.226 e. The first-order valence-corrected chi connectivity index (χ1v) is 13.2. The average molecular weight is 474 g/mol. The molecule has 0 aliphatic heterocycles. The van der Waals surface area contributed by atoms with Crippen LogP contribution in [0.25, 0.3) is 0 Å². The molecule has 3 aromatic rings. The van der Waals surface area contributed by atoms with Crippen LogP contribution >= 0.6 is 11.8 Å². The minimum Gasteiger partial charge on any atom is -0.343 e. The summed E-state index contributed by atoms with van der Waals surface area (Å²) in [6, 6.07) is 31.4. The van der Waals surface area contributed by atoms with Crippen LogP contribution in [0.3, 0.4) is 0 Å². The fraction of sp³-hybridized carbons (Fsp3) is 0.333. The Kier molecular flexibility index (Phi) is 9.52. The summed E-state index contributed by atoms with van der Waals surface area (Å²) in [5, 5.41) is 0. The molecule has 0 aliphatic carbocycles. The van der Waals surface area contributed by atoms with E-state index in [-0.39, 0.29) is 24.0 Å². The van der Waals surface area contributed by atoms with Gasteiger partial charge in [0, 0.05) is 31.7 Å². The highest BCUT2D eigenvalue weighted by Crippen LogP contribution is 2.49. The molecular weight excluding hydrogens is 438 g/mol. The Balaban J connectivity index is 2.11. The Morgan fingerprint density at radius 1 is 0.735 bits per heavy atom. The highest BCUT2D eigenvalue weighted by atomic mass is 32.2. The van der Waals surface area contributed by atoms with Gasteiger partial charge in [0.05, 0.1) is 10.7 Å². The van der Waals surface area contributed by atoms with E-state index in [4.69, 9.17) is 0 Å². The summed E-state index contributed by atoms with van der Waals surface area (Å²) in [6.45, 7) is 7.16. The molecule has 0 aromatic heterocycles. The second-order valence-electron chi connectivity index (χ2n) is 8.39. The lowest BCUT2D eigenvalue weighted by molar-refractivity contribution is -0.136. The van der Waals surface area contributed by atoms with Gasteiger partial charge in [0.1, 0.15) is 5.78 Å². The molecule has 3 aromatic carbocycles. The van der Waals surface area contributed by atoms with E-state index in [9.17, 15) is 9.59 Å². The molecule has 0 spiro atoms. The third kappa shape index (κ3) is 5.79. The summed E-state index contributed by atoms with van der Waals surface area (Å²) in [5.74, 6) is 0.408. The fourth-order valence-electron chi connectivity index (χ4n) is 4.42. The first-order chi connectivity index (χ1) is 16.6. The Bertz CT molecular complexity index is 937. The number of Topliss-reactive ketones (excluding diaryl/α,β-unsaturated/α-hetero) is 1. The van der Waals surface area contributed by atoms with E-state index in [2.05, 4.69) is 72.8 Å². The molecule has 0 aliphatic rings. The Morgan fingerprint density at radius 3 is 1.50 bits per heavy atom. The number of amides is 1. The van der Waals surface area contributed by atoms with Crippen molar-refractivity contribution in [2.24, 2.45) is 5.92 Å². The summed E-state index contributed by atoms with van der Waals surface area (Å²) in [5.41, 5.74) is 3.48. The van der Waals surface area contributed by atoms with Crippen LogP contribution in [0, 0.1) is 5.92 Å². The van der Waals surface area contributed by atoms with Crippen molar-refractivity contribution >= 4 is 23.5 Å². The quantitative estimate of drug-likeness (QED) is 0.279. The van der Waals surface area contributed by atoms with Crippen LogP contribution in [0.2, 0.25) is 0 Å². The van der Waals surface area contributed by atoms with Gasteiger partial charge in [-0.3, -0.25) is 9.59 Å². The highest BCUT2D eigenvalue weighted by molar-refractivity contribution is 8.00. The lowest BCUT2D eigenvalue weighted by Gasteiger charge is -2.37. The van der Waals surface area contributed by atoms with Crippen LogP contribution in [-0.4, -0.2) is 35.4 Å². The first kappa shape index (κ1) is 25.8. The minimum atomic E-state index is -0.499. The van der Waals surface area contributed by atoms with E-state index in [1.54, 1.807) is 11.8 Å². The Hall–Kier alpha value is -2.85. The monoisotopic (exact) mass is 473 g/mol. The number of nitrogens with zero attached hydrogens (tertiary/aromatic N) is 1. The van der Waals surface area contributed by atoms with Crippen molar-refractivity contribution in [3.63, 3.8) is 0 Å². The maximum atomic E-state index is 13.4. The molecule has 0 unspecified atom stereocenters. The van der Waals surface area contributed by atoms with Gasteiger partial charge in [-0.1, -0.05) is 97.9 Å². The summed E-state index contributed by atoms with van der Waals surface area (Å²) in [4.78, 5) is 27.8. The van der Waals surface area contributed by atoms with Gasteiger partial charge in [-0.2, -0.15) is 0 Å². The molecule has 34 heavy (non-hydrogen) atoms. The number of ketones is 1. The van der Waals surface area contributed by atoms with E-state index >= 15 is 0 Å². The lowest BCUT2D eigenvalue weighted by Crippen LogP contribution is -2.38. The van der Waals surface area contributed by atoms with Gasteiger partial charge in [-0.05, 0) is 30.5 Å². The Labute approximate surface area is 208 Å². The van der Waals surface area contributed by atoms with Gasteiger partial charge in [0.25, 0.3) is 0 Å². The van der Waals surface area contributed by atoms with E-state index < -0.39 is 4.75 Å². The molecule has 0 saturated heterocycles. The molecule has 3 nitrogen and oxygen atoms in total. The van der Waals surface area contributed by atoms with Crippen LogP contribution in [-0.2, 0) is 14.3 Å². The zero-order valence-corrected chi connectivity index (χ0v) is 21.3. The predicted molar refractivity (Wildman–Crippen MR) is 143 cm³/mol. The predicted octanol–water partition coefficient (Wildman–Crippen LogP) is 6.57. The molecule has 0 radical (unpaired) electrons. The molecule has 1 amide bonds. The number of carbonyl (C=O) groups excluding carboxylic acids is 2. The van der Waals surface area contributed by atoms with Gasteiger partial charge in [0.15, 0.2) is 0 Å². The zero-order chi connectivity index (χ0) is 24.4. The topological polar surface area (TPSA) is 37.4 Å². The van der Waals surface area contributed by atoms with Gasteiger partial charge in [-0.25, -0.2) is 0 Å². The van der Waals surface area contributed by atoms with Crippen LogP contribution < -0.4 is 0 Å². The highest BCUT2D eigenvalue weighted by Gasteiger charge is 2.38. The number of thioether (sulfide) groups is 1. The molecule has 0 saturated carbocycles. The second kappa shape index (κ2) is 12.6. The number of carbonyl (C=O) groups is 2. The number of rotatable bonds is 12. The van der Waals surface area contributed by atoms with Crippen molar-refractivity contribution in [1.82, 2.24) is 4.90 Å². The van der Waals surface area contributed by atoms with Gasteiger partial charge in [0.2, 0.25) is 5.91 Å². The molecule has 0 N–H and O–H groups in total. The van der Waals surface area contributed by atoms with Crippen molar-refractivity contribution in [2.75, 3.05) is 18.8 Å². The molecule has 0 bridgehead atoms. The third-order valence-electron chi connectivity index (χ3n) is 6.33.